The summed E-state index contributed by atoms with van der Waals surface area (Å²) < 4.78 is 37.0. The second kappa shape index (κ2) is 12.8. The van der Waals surface area contributed by atoms with E-state index in [0.717, 1.165) is 24.2 Å². The average molecular weight is 653 g/mol. The Morgan fingerprint density at radius 3 is 2.50 bits per heavy atom. The van der Waals surface area contributed by atoms with Crippen molar-refractivity contribution in [1.82, 2.24) is 10.1 Å². The molecule has 4 atom stereocenters. The maximum absolute atomic E-state index is 11.5. The van der Waals surface area contributed by atoms with Gasteiger partial charge in [-0.3, -0.25) is 0 Å². The van der Waals surface area contributed by atoms with Crippen molar-refractivity contribution in [2.75, 3.05) is 13.2 Å². The van der Waals surface area contributed by atoms with Gasteiger partial charge in [0.15, 0.2) is 6.10 Å². The molecule has 0 radical (unpaired) electrons. The second-order valence-corrected chi connectivity index (χ2v) is 12.9. The van der Waals surface area contributed by atoms with Crippen molar-refractivity contribution in [3.05, 3.63) is 57.3 Å². The van der Waals surface area contributed by atoms with E-state index in [1.165, 1.54) is 23.5 Å². The molecule has 0 unspecified atom stereocenters. The molecular weight excluding hydrogens is 626 g/mol. The van der Waals surface area contributed by atoms with Gasteiger partial charge in [-0.25, -0.2) is 0 Å². The number of hydrogen-bond acceptors (Lipinski definition) is 11. The summed E-state index contributed by atoms with van der Waals surface area (Å²) in [7, 11) is 0. The second-order valence-electron chi connectivity index (χ2n) is 11.1. The zero-order chi connectivity index (χ0) is 29.8. The minimum Gasteiger partial charge on any atom is -0.545 e. The van der Waals surface area contributed by atoms with Crippen LogP contribution in [0.3, 0.4) is 0 Å². The molecule has 4 heterocycles. The molecule has 2 aliphatic heterocycles. The molecule has 3 aliphatic rings. The number of ether oxygens (including phenoxy) is 5. The van der Waals surface area contributed by atoms with Gasteiger partial charge in [-0.05, 0) is 51.0 Å². The summed E-state index contributed by atoms with van der Waals surface area (Å²) in [6.07, 6.45) is 0.401. The number of thiazole rings is 1. The first-order valence-corrected chi connectivity index (χ1v) is 15.6. The number of carbonyl (C=O) groups excluding carboxylic acids is 1. The summed E-state index contributed by atoms with van der Waals surface area (Å²) in [4.78, 5) is 16.1. The summed E-state index contributed by atoms with van der Waals surface area (Å²) in [5.74, 6) is 0.174. The number of carbonyl (C=O) groups is 1. The number of halogens is 2. The van der Waals surface area contributed by atoms with Crippen molar-refractivity contribution in [3.63, 3.8) is 0 Å². The fraction of sp³-hybridized carbons (Fsp3) is 0.433. The third-order valence-electron chi connectivity index (χ3n) is 7.66. The summed E-state index contributed by atoms with van der Waals surface area (Å²) in [6, 6.07) is 8.26. The summed E-state index contributed by atoms with van der Waals surface area (Å²) in [5.41, 5.74) is 2.57. The molecular formula is C30H27Cl2LiN2O8S. The van der Waals surface area contributed by atoms with Crippen LogP contribution in [0.4, 0.5) is 0 Å². The van der Waals surface area contributed by atoms with Crippen LogP contribution >= 0.6 is 34.5 Å². The van der Waals surface area contributed by atoms with Crippen molar-refractivity contribution in [2.24, 2.45) is 0 Å². The molecule has 3 fully saturated rings. The fourth-order valence-electron chi connectivity index (χ4n) is 5.53. The summed E-state index contributed by atoms with van der Waals surface area (Å²) in [5, 5.41) is 17.2. The van der Waals surface area contributed by atoms with E-state index in [1.54, 1.807) is 18.2 Å². The van der Waals surface area contributed by atoms with Gasteiger partial charge in [-0.2, -0.15) is 4.98 Å². The number of carboxylic acids is 1. The maximum Gasteiger partial charge on any atom is 1.00 e. The minimum atomic E-state index is -1.29. The van der Waals surface area contributed by atoms with Crippen molar-refractivity contribution < 1.29 is 57.0 Å². The predicted octanol–water partition coefficient (Wildman–Crippen LogP) is 2.42. The number of hydrogen-bond donors (Lipinski definition) is 0. The molecule has 2 aromatic heterocycles. The minimum absolute atomic E-state index is 0. The Kier molecular flexibility index (Phi) is 9.21. The van der Waals surface area contributed by atoms with E-state index in [4.69, 9.17) is 51.4 Å². The number of fused-ring (bicyclic) bond motifs is 2. The van der Waals surface area contributed by atoms with E-state index in [1.807, 2.05) is 13.8 Å². The summed E-state index contributed by atoms with van der Waals surface area (Å²) >= 11 is 14.2. The van der Waals surface area contributed by atoms with Crippen LogP contribution in [0, 0.1) is 0 Å². The normalized spacial score (nSPS) is 22.8. The molecule has 2 aromatic carbocycles. The van der Waals surface area contributed by atoms with Crippen molar-refractivity contribution in [2.45, 2.75) is 69.7 Å². The van der Waals surface area contributed by atoms with E-state index in [2.05, 4.69) is 10.1 Å². The van der Waals surface area contributed by atoms with E-state index >= 15 is 0 Å². The standard InChI is InChI=1S/C30H28Cl2N2O8S.Li/c1-13(2)40-19-8-15(29(35)36)9-22-25(19)33-30(43-22)41-21-12-39-27-20(11-38-28(21)27)37-10-16-24(34-42-26(16)14-6-7-14)23-17(31)4-3-5-18(23)32;/h3-5,8-9,13-14,20-21,27-28H,6-7,10-12H2,1-2H3,(H,35,36);/q;+1/p-1/t20-,21+,27-,28-;/m1./s1. The van der Waals surface area contributed by atoms with E-state index in [0.29, 0.717) is 55.0 Å². The number of rotatable bonds is 10. The number of benzene rings is 2. The molecule has 44 heavy (non-hydrogen) atoms. The third kappa shape index (κ3) is 6.09. The van der Waals surface area contributed by atoms with Crippen LogP contribution < -0.4 is 33.4 Å². The van der Waals surface area contributed by atoms with Gasteiger partial charge >= 0.3 is 18.9 Å². The Bertz CT molecular complexity index is 1670. The molecule has 0 N–H and O–H groups in total. The van der Waals surface area contributed by atoms with Gasteiger partial charge in [0.25, 0.3) is 5.19 Å². The maximum atomic E-state index is 11.5. The average Bonchev–Trinajstić information content (AvgIpc) is 3.26. The molecule has 14 heteroatoms. The van der Waals surface area contributed by atoms with Crippen LogP contribution in [-0.2, 0) is 20.8 Å². The number of aromatic nitrogens is 2. The van der Waals surface area contributed by atoms with E-state index in [-0.39, 0.29) is 62.1 Å². The first-order valence-electron chi connectivity index (χ1n) is 14.0. The Morgan fingerprint density at radius 1 is 1.11 bits per heavy atom. The third-order valence-corrected chi connectivity index (χ3v) is 9.18. The van der Waals surface area contributed by atoms with Gasteiger partial charge in [-0.1, -0.05) is 45.8 Å². The Morgan fingerprint density at radius 2 is 1.82 bits per heavy atom. The van der Waals surface area contributed by atoms with E-state index in [9.17, 15) is 9.90 Å². The van der Waals surface area contributed by atoms with Crippen LogP contribution in [0.5, 0.6) is 10.9 Å². The van der Waals surface area contributed by atoms with Crippen molar-refractivity contribution in [3.8, 4) is 22.2 Å². The van der Waals surface area contributed by atoms with Gasteiger partial charge in [0.05, 0.1) is 46.6 Å². The molecule has 2 saturated heterocycles. The molecule has 0 bridgehead atoms. The molecule has 7 rings (SSSR count). The van der Waals surface area contributed by atoms with Gasteiger partial charge in [0.2, 0.25) is 0 Å². The molecule has 4 aromatic rings. The molecule has 1 aliphatic carbocycles. The number of nitrogens with zero attached hydrogens (tertiary/aromatic N) is 2. The zero-order valence-corrected chi connectivity index (χ0v) is 26.5. The summed E-state index contributed by atoms with van der Waals surface area (Å²) in [6.45, 7) is 4.55. The number of carboxylic acid groups (broad SMARTS) is 1. The van der Waals surface area contributed by atoms with Crippen LogP contribution in [0.15, 0.2) is 34.9 Å². The zero-order valence-electron chi connectivity index (χ0n) is 24.2. The first kappa shape index (κ1) is 31.6. The van der Waals surface area contributed by atoms with Crippen LogP contribution in [-0.4, -0.2) is 59.8 Å². The van der Waals surface area contributed by atoms with Gasteiger partial charge in [-0.15, -0.1) is 0 Å². The predicted molar refractivity (Wildman–Crippen MR) is 156 cm³/mol. The van der Waals surface area contributed by atoms with Crippen molar-refractivity contribution >= 4 is 50.7 Å². The number of aromatic carboxylic acids is 1. The fourth-order valence-corrected chi connectivity index (χ4v) is 7.03. The smallest absolute Gasteiger partial charge is 0.545 e. The Labute approximate surface area is 279 Å². The van der Waals surface area contributed by atoms with Gasteiger partial charge in [0.1, 0.15) is 41.0 Å². The molecule has 10 nitrogen and oxygen atoms in total. The molecule has 0 amide bonds. The molecule has 1 saturated carbocycles. The SMILES string of the molecule is CC(C)Oc1cc(C(=O)[O-])cc2sc(O[C@H]3CO[C@H]4[C@@H]3OC[C@H]4OCc3c(-c4c(Cl)cccc4Cl)noc3C3CC3)nc12.[Li+]. The van der Waals surface area contributed by atoms with Crippen molar-refractivity contribution in [1.29, 1.82) is 0 Å². The Hall–Kier alpha value is -2.33. The van der Waals surface area contributed by atoms with Gasteiger partial charge in [0, 0.05) is 22.6 Å². The first-order chi connectivity index (χ1) is 20.8. The van der Waals surface area contributed by atoms with Crippen LogP contribution in [0.1, 0.15) is 54.3 Å². The van der Waals surface area contributed by atoms with Crippen LogP contribution in [0.2, 0.25) is 10.0 Å². The Balaban J connectivity index is 0.00000343. The monoisotopic (exact) mass is 652 g/mol. The quantitative estimate of drug-likeness (QED) is 0.236. The van der Waals surface area contributed by atoms with Gasteiger partial charge < -0.3 is 38.1 Å². The van der Waals surface area contributed by atoms with E-state index < -0.39 is 12.1 Å². The van der Waals surface area contributed by atoms with Crippen LogP contribution in [0.25, 0.3) is 21.5 Å². The molecule has 226 valence electrons. The topological polar surface area (TPSA) is 125 Å². The largest absolute Gasteiger partial charge is 1.00 e. The molecule has 0 spiro atoms.